The molecule has 0 atom stereocenters. The van der Waals surface area contributed by atoms with E-state index < -0.39 is 70.4 Å². The highest BCUT2D eigenvalue weighted by Gasteiger charge is 2.27. The van der Waals surface area contributed by atoms with Crippen LogP contribution in [0, 0.1) is 13.1 Å². The van der Waals surface area contributed by atoms with Crippen LogP contribution in [0.4, 0.5) is 15.0 Å². The molecule has 6 aromatic rings. The quantitative estimate of drug-likeness (QED) is 0.110. The second kappa shape index (κ2) is 20.7. The van der Waals surface area contributed by atoms with Crippen molar-refractivity contribution in [2.45, 2.75) is 75.3 Å². The number of hydrogen-bond acceptors (Lipinski definition) is 19. The Morgan fingerprint density at radius 2 is 0.868 bits per heavy atom. The van der Waals surface area contributed by atoms with Crippen LogP contribution in [-0.4, -0.2) is 86.6 Å². The van der Waals surface area contributed by atoms with Crippen LogP contribution in [0.25, 0.3) is 9.69 Å². The minimum atomic E-state index is -3.98. The number of sulfone groups is 6. The number of aromatic hydroxyl groups is 1. The molecule has 0 saturated heterocycles. The summed E-state index contributed by atoms with van der Waals surface area (Å²) in [5.74, 6) is -0.122. The Hall–Kier alpha value is -5.36. The summed E-state index contributed by atoms with van der Waals surface area (Å²) in [6, 6.07) is 18.7. The number of phenolic OH excluding ortho intramolecular Hbond substituents is 1. The molecule has 18 nitrogen and oxygen atoms in total. The summed E-state index contributed by atoms with van der Waals surface area (Å²) >= 11 is 2.54. The maximum Gasteiger partial charge on any atom is 0.242 e. The maximum atomic E-state index is 12.8. The highest BCUT2D eigenvalue weighted by Crippen LogP contribution is 2.37. The van der Waals surface area contributed by atoms with Gasteiger partial charge in [0.25, 0.3) is 0 Å². The smallest absolute Gasteiger partial charge is 0.242 e. The molecule has 3 aromatic heterocycles. The first-order chi connectivity index (χ1) is 31.1. The fraction of sp³-hybridized carbons (Fsp3) is 0.220. The zero-order valence-corrected chi connectivity index (χ0v) is 44.0. The first-order valence-corrected chi connectivity index (χ1v) is 31.3. The number of anilines is 1. The Morgan fingerprint density at radius 3 is 1.22 bits per heavy atom. The molecule has 0 aliphatic heterocycles. The molecule has 364 valence electrons. The molecule has 68 heavy (non-hydrogen) atoms. The van der Waals surface area contributed by atoms with Gasteiger partial charge in [0.15, 0.2) is 29.5 Å². The lowest BCUT2D eigenvalue weighted by molar-refractivity contribution is 0.130. The number of thiophene rings is 3. The molecule has 0 saturated carbocycles. The molecule has 6 rings (SSSR count). The van der Waals surface area contributed by atoms with E-state index in [9.17, 15) is 55.6 Å². The van der Waals surface area contributed by atoms with Gasteiger partial charge in [-0.25, -0.2) is 60.2 Å². The van der Waals surface area contributed by atoms with Gasteiger partial charge in [0.1, 0.15) is 35.5 Å². The van der Waals surface area contributed by atoms with Crippen LogP contribution in [-0.2, 0) is 59.0 Å². The lowest BCUT2D eigenvalue weighted by atomic mass is 10.2. The molecule has 0 amide bonds. The SMILES string of the molecule is CCOc1cc(S(C)(=O)=O)cc(S(=O)(=O)c2ccc(N)s2)c1.[C-]#[N+]c1ccc(S(=O)(=O)c2cc(O)cc(S(C)(=O)=O)c2)s1.[C-]#[N+]c1ccc(S(=O)(=O)c2cc(OC(C)(C)C)cc(S(C)(=O)=O)c2)s1. The number of benzene rings is 3. The van der Waals surface area contributed by atoms with E-state index in [4.69, 9.17) is 28.4 Å². The monoisotopic (exact) mass is 1100 g/mol. The number of nitrogens with two attached hydrogens (primary N) is 1. The van der Waals surface area contributed by atoms with E-state index >= 15 is 0 Å². The highest BCUT2D eigenvalue weighted by atomic mass is 32.2. The zero-order valence-electron chi connectivity index (χ0n) is 36.7. The van der Waals surface area contributed by atoms with E-state index in [-0.39, 0.29) is 63.5 Å². The lowest BCUT2D eigenvalue weighted by Crippen LogP contribution is -2.23. The van der Waals surface area contributed by atoms with Crippen molar-refractivity contribution in [2.75, 3.05) is 31.1 Å². The molecule has 27 heteroatoms. The van der Waals surface area contributed by atoms with Crippen LogP contribution in [0.15, 0.2) is 133 Å². The predicted molar refractivity (Wildman–Crippen MR) is 258 cm³/mol. The van der Waals surface area contributed by atoms with E-state index in [1.165, 1.54) is 60.7 Å². The summed E-state index contributed by atoms with van der Waals surface area (Å²) in [4.78, 5) is 5.14. The van der Waals surface area contributed by atoms with Crippen LogP contribution in [0.5, 0.6) is 17.2 Å². The van der Waals surface area contributed by atoms with Crippen molar-refractivity contribution in [1.29, 1.82) is 0 Å². The van der Waals surface area contributed by atoms with Gasteiger partial charge >= 0.3 is 0 Å². The van der Waals surface area contributed by atoms with Crippen molar-refractivity contribution in [3.63, 3.8) is 0 Å². The molecule has 0 spiro atoms. The van der Waals surface area contributed by atoms with E-state index in [0.717, 1.165) is 83.1 Å². The lowest BCUT2D eigenvalue weighted by Gasteiger charge is -2.22. The van der Waals surface area contributed by atoms with Crippen molar-refractivity contribution >= 4 is 108 Å². The van der Waals surface area contributed by atoms with Crippen LogP contribution < -0.4 is 15.2 Å². The van der Waals surface area contributed by atoms with Crippen LogP contribution in [0.1, 0.15) is 27.7 Å². The molecule has 3 heterocycles. The van der Waals surface area contributed by atoms with E-state index in [1.54, 1.807) is 27.7 Å². The Kier molecular flexibility index (Phi) is 16.8. The van der Waals surface area contributed by atoms with E-state index in [1.807, 2.05) is 0 Å². The van der Waals surface area contributed by atoms with Crippen molar-refractivity contribution in [2.24, 2.45) is 0 Å². The number of ether oxygens (including phenoxy) is 2. The summed E-state index contributed by atoms with van der Waals surface area (Å²) in [6.45, 7) is 21.1. The third-order valence-electron chi connectivity index (χ3n) is 8.27. The third kappa shape index (κ3) is 14.1. The number of hydrogen-bond donors (Lipinski definition) is 2. The predicted octanol–water partition coefficient (Wildman–Crippen LogP) is 7.92. The normalized spacial score (nSPS) is 12.3. The fourth-order valence-corrected chi connectivity index (χ4v) is 15.2. The summed E-state index contributed by atoms with van der Waals surface area (Å²) in [5, 5.41) is 10.4. The zero-order chi connectivity index (χ0) is 51.4. The van der Waals surface area contributed by atoms with Gasteiger partial charge in [-0.2, -0.15) is 0 Å². The van der Waals surface area contributed by atoms with Crippen LogP contribution in [0.2, 0.25) is 0 Å². The van der Waals surface area contributed by atoms with Crippen LogP contribution in [0.3, 0.4) is 0 Å². The second-order valence-electron chi connectivity index (χ2n) is 15.0. The first kappa shape index (κ1) is 55.2. The topological polar surface area (TPSA) is 278 Å². The van der Waals surface area contributed by atoms with Gasteiger partial charge in [-0.05, 0) is 119 Å². The minimum Gasteiger partial charge on any atom is -0.508 e. The van der Waals surface area contributed by atoms with Gasteiger partial charge < -0.3 is 20.3 Å². The molecule has 0 aliphatic rings. The molecular weight excluding hydrogens is 1060 g/mol. The summed E-state index contributed by atoms with van der Waals surface area (Å²) in [7, 11) is -22.7. The summed E-state index contributed by atoms with van der Waals surface area (Å²) < 4.78 is 157. The summed E-state index contributed by atoms with van der Waals surface area (Å²) in [5.41, 5.74) is 4.94. The van der Waals surface area contributed by atoms with E-state index in [2.05, 4.69) is 9.69 Å². The molecule has 0 aliphatic carbocycles. The molecule has 0 unspecified atom stereocenters. The average molecular weight is 1100 g/mol. The summed E-state index contributed by atoms with van der Waals surface area (Å²) in [6.07, 6.45) is 2.93. The van der Waals surface area contributed by atoms with Gasteiger partial charge in [-0.15, -0.1) is 34.0 Å². The largest absolute Gasteiger partial charge is 0.508 e. The van der Waals surface area contributed by atoms with Crippen molar-refractivity contribution < 1.29 is 65.1 Å². The van der Waals surface area contributed by atoms with Gasteiger partial charge in [0.2, 0.25) is 39.5 Å². The van der Waals surface area contributed by atoms with Crippen molar-refractivity contribution in [3.05, 3.63) is 114 Å². The molecule has 0 bridgehead atoms. The van der Waals surface area contributed by atoms with Crippen LogP contribution >= 0.6 is 34.0 Å². The number of rotatable bonds is 12. The Morgan fingerprint density at radius 1 is 0.529 bits per heavy atom. The number of nitrogen functional groups attached to an aromatic ring is 1. The first-order valence-electron chi connectivity index (χ1n) is 18.7. The minimum absolute atomic E-state index is 0.0224. The standard InChI is InChI=1S/C16H17NO5S3.C13H15NO5S3.C12H9NO5S3/c1-16(2,3)22-11-8-12(24(5,18)19)10-13(9-11)25(20,21)15-7-6-14(17-4)23-15;1-3-19-9-6-10(21(2,15)16)8-11(7-9)22(17,18)13-5-4-12(14)20-13;1-13-11-3-4-12(19-11)21(17,18)10-6-8(14)5-9(7-10)20(2,15)16/h6-10H,1-3,5H3;4-8H,3,14H2,1-2H3;3-7,14H,2H3. The van der Waals surface area contributed by atoms with Gasteiger partial charge in [-0.1, -0.05) is 0 Å². The molecule has 0 fully saturated rings. The molecule has 3 N–H and O–H groups in total. The number of nitrogens with zero attached hydrogens (tertiary/aromatic N) is 2. The van der Waals surface area contributed by atoms with Gasteiger partial charge in [-0.3, -0.25) is 0 Å². The Bertz CT molecular complexity index is 3670. The van der Waals surface area contributed by atoms with E-state index in [0.29, 0.717) is 11.6 Å². The number of phenols is 1. The fourth-order valence-electron chi connectivity index (χ4n) is 5.28. The van der Waals surface area contributed by atoms with Gasteiger partial charge in [0.05, 0.1) is 54.1 Å². The average Bonchev–Trinajstić information content (AvgIpc) is 4.02. The second-order valence-corrected chi connectivity index (χ2v) is 30.8. The highest BCUT2D eigenvalue weighted by molar-refractivity contribution is 7.94. The van der Waals surface area contributed by atoms with Gasteiger partial charge in [0, 0.05) is 18.8 Å². The molecule has 3 aromatic carbocycles. The Labute approximate surface area is 407 Å². The molecular formula is C41H41N3O15S9. The molecule has 0 radical (unpaired) electrons. The third-order valence-corrected chi connectivity index (χ3v) is 21.1. The van der Waals surface area contributed by atoms with Crippen molar-refractivity contribution in [3.8, 4) is 17.2 Å². The maximum absolute atomic E-state index is 12.8. The Balaban J connectivity index is 0.000000223. The van der Waals surface area contributed by atoms with Crippen molar-refractivity contribution in [1.82, 2.24) is 0 Å².